The minimum absolute atomic E-state index is 0.0295. The third-order valence-electron chi connectivity index (χ3n) is 5.43. The molecule has 0 aliphatic carbocycles. The highest BCUT2D eigenvalue weighted by Gasteiger charge is 2.32. The van der Waals surface area contributed by atoms with E-state index in [1.165, 1.54) is 0 Å². The van der Waals surface area contributed by atoms with Crippen molar-refractivity contribution in [1.29, 1.82) is 0 Å². The Morgan fingerprint density at radius 3 is 2.48 bits per heavy atom. The summed E-state index contributed by atoms with van der Waals surface area (Å²) in [6, 6.07) is 21.3. The van der Waals surface area contributed by atoms with Crippen LogP contribution in [-0.2, 0) is 11.4 Å². The van der Waals surface area contributed by atoms with E-state index in [0.717, 1.165) is 22.4 Å². The van der Waals surface area contributed by atoms with E-state index in [4.69, 9.17) is 21.1 Å². The van der Waals surface area contributed by atoms with E-state index in [1.54, 1.807) is 0 Å². The van der Waals surface area contributed by atoms with Gasteiger partial charge in [-0.3, -0.25) is 4.79 Å². The molecule has 0 saturated heterocycles. The van der Waals surface area contributed by atoms with Gasteiger partial charge in [-0.05, 0) is 48.7 Å². The number of hydrogen-bond donors (Lipinski definition) is 0. The molecule has 5 heteroatoms. The lowest BCUT2D eigenvalue weighted by molar-refractivity contribution is -0.113. The minimum Gasteiger partial charge on any atom is -0.490 e. The predicted molar refractivity (Wildman–Crippen MR) is 135 cm³/mol. The van der Waals surface area contributed by atoms with Gasteiger partial charge in [-0.1, -0.05) is 67.9 Å². The number of benzene rings is 3. The molecule has 0 unspecified atom stereocenters. The van der Waals surface area contributed by atoms with Crippen LogP contribution >= 0.6 is 11.6 Å². The van der Waals surface area contributed by atoms with Gasteiger partial charge in [0.05, 0.1) is 12.3 Å². The maximum absolute atomic E-state index is 13.3. The normalized spacial score (nSPS) is 14.2. The molecule has 0 aromatic heterocycles. The second kappa shape index (κ2) is 10.1. The maximum atomic E-state index is 13.3. The molecule has 170 valence electrons. The van der Waals surface area contributed by atoms with E-state index in [1.807, 2.05) is 84.6 Å². The second-order valence-electron chi connectivity index (χ2n) is 8.40. The standard InChI is InChI=1S/C28H28ClNO3/c1-4-32-27-16-20(13-14-26(27)33-18-21-9-5-7-11-24(21)29)15-23-22-10-6-8-12-25(22)30(28(23)31)17-19(2)3/h5-16,19H,4,17-18H2,1-3H3/b23-15-. The molecule has 33 heavy (non-hydrogen) atoms. The van der Waals surface area contributed by atoms with Crippen LogP contribution in [0.1, 0.15) is 37.5 Å². The summed E-state index contributed by atoms with van der Waals surface area (Å²) >= 11 is 6.25. The van der Waals surface area contributed by atoms with E-state index in [0.29, 0.717) is 47.8 Å². The maximum Gasteiger partial charge on any atom is 0.259 e. The average molecular weight is 462 g/mol. The summed E-state index contributed by atoms with van der Waals surface area (Å²) in [7, 11) is 0. The number of para-hydroxylation sites is 1. The number of hydrogen-bond acceptors (Lipinski definition) is 3. The minimum atomic E-state index is 0.0295. The van der Waals surface area contributed by atoms with Crippen molar-refractivity contribution in [2.45, 2.75) is 27.4 Å². The Hall–Kier alpha value is -3.24. The van der Waals surface area contributed by atoms with Gasteiger partial charge < -0.3 is 14.4 Å². The molecule has 1 aliphatic rings. The van der Waals surface area contributed by atoms with E-state index >= 15 is 0 Å². The van der Waals surface area contributed by atoms with Crippen molar-refractivity contribution in [1.82, 2.24) is 0 Å². The molecule has 0 fully saturated rings. The molecular formula is C28H28ClNO3. The van der Waals surface area contributed by atoms with Crippen LogP contribution in [-0.4, -0.2) is 19.1 Å². The fourth-order valence-corrected chi connectivity index (χ4v) is 4.12. The summed E-state index contributed by atoms with van der Waals surface area (Å²) in [6.07, 6.45) is 1.93. The van der Waals surface area contributed by atoms with E-state index in [2.05, 4.69) is 13.8 Å². The number of amides is 1. The van der Waals surface area contributed by atoms with Gasteiger partial charge in [0.25, 0.3) is 5.91 Å². The summed E-state index contributed by atoms with van der Waals surface area (Å²) < 4.78 is 11.9. The summed E-state index contributed by atoms with van der Waals surface area (Å²) in [5, 5.41) is 0.668. The van der Waals surface area contributed by atoms with Gasteiger partial charge >= 0.3 is 0 Å². The van der Waals surface area contributed by atoms with Crippen LogP contribution in [0.25, 0.3) is 11.6 Å². The number of fused-ring (bicyclic) bond motifs is 1. The van der Waals surface area contributed by atoms with Gasteiger partial charge in [-0.15, -0.1) is 0 Å². The molecule has 4 nitrogen and oxygen atoms in total. The fraction of sp³-hybridized carbons (Fsp3) is 0.250. The second-order valence-corrected chi connectivity index (χ2v) is 8.81. The van der Waals surface area contributed by atoms with Gasteiger partial charge in [0, 0.05) is 28.3 Å². The van der Waals surface area contributed by atoms with E-state index < -0.39 is 0 Å². The molecule has 1 heterocycles. The van der Waals surface area contributed by atoms with Crippen LogP contribution in [0.2, 0.25) is 5.02 Å². The SMILES string of the molecule is CCOc1cc(/C=C2\C(=O)N(CC(C)C)c3ccccc32)ccc1OCc1ccccc1Cl. The Balaban J connectivity index is 1.63. The third-order valence-corrected chi connectivity index (χ3v) is 5.80. The number of nitrogens with zero attached hydrogens (tertiary/aromatic N) is 1. The van der Waals surface area contributed by atoms with Crippen molar-refractivity contribution >= 4 is 34.8 Å². The first-order valence-electron chi connectivity index (χ1n) is 11.2. The average Bonchev–Trinajstić information content (AvgIpc) is 3.05. The zero-order valence-corrected chi connectivity index (χ0v) is 19.9. The summed E-state index contributed by atoms with van der Waals surface area (Å²) in [4.78, 5) is 15.1. The van der Waals surface area contributed by atoms with Crippen molar-refractivity contribution in [3.8, 4) is 11.5 Å². The van der Waals surface area contributed by atoms with Gasteiger partial charge in [0.15, 0.2) is 11.5 Å². The monoisotopic (exact) mass is 461 g/mol. The number of carbonyl (C=O) groups excluding carboxylic acids is 1. The first-order chi connectivity index (χ1) is 16.0. The van der Waals surface area contributed by atoms with Crippen LogP contribution in [0, 0.1) is 5.92 Å². The van der Waals surface area contributed by atoms with Crippen molar-refractivity contribution in [3.05, 3.63) is 88.4 Å². The first-order valence-corrected chi connectivity index (χ1v) is 11.6. The Labute approximate surface area is 200 Å². The van der Waals surface area contributed by atoms with Crippen LogP contribution < -0.4 is 14.4 Å². The molecular weight excluding hydrogens is 434 g/mol. The van der Waals surface area contributed by atoms with Crippen molar-refractivity contribution in [2.75, 3.05) is 18.1 Å². The molecule has 0 atom stereocenters. The lowest BCUT2D eigenvalue weighted by atomic mass is 10.0. The largest absolute Gasteiger partial charge is 0.490 e. The molecule has 3 aromatic carbocycles. The lowest BCUT2D eigenvalue weighted by Gasteiger charge is -2.19. The number of carbonyl (C=O) groups is 1. The zero-order chi connectivity index (χ0) is 23.4. The van der Waals surface area contributed by atoms with E-state index in [-0.39, 0.29) is 5.91 Å². The van der Waals surface area contributed by atoms with Crippen LogP contribution in [0.3, 0.4) is 0 Å². The molecule has 1 aliphatic heterocycles. The van der Waals surface area contributed by atoms with Crippen LogP contribution in [0.15, 0.2) is 66.7 Å². The molecule has 4 rings (SSSR count). The molecule has 1 amide bonds. The molecule has 0 radical (unpaired) electrons. The van der Waals surface area contributed by atoms with Crippen molar-refractivity contribution in [2.24, 2.45) is 5.92 Å². The Morgan fingerprint density at radius 1 is 0.970 bits per heavy atom. The quantitative estimate of drug-likeness (QED) is 0.344. The summed E-state index contributed by atoms with van der Waals surface area (Å²) in [5.74, 6) is 1.68. The first kappa shape index (κ1) is 22.9. The van der Waals surface area contributed by atoms with Crippen molar-refractivity contribution in [3.63, 3.8) is 0 Å². The zero-order valence-electron chi connectivity index (χ0n) is 19.2. The van der Waals surface area contributed by atoms with Crippen LogP contribution in [0.5, 0.6) is 11.5 Å². The molecule has 0 N–H and O–H groups in total. The van der Waals surface area contributed by atoms with Crippen molar-refractivity contribution < 1.29 is 14.3 Å². The molecule has 0 spiro atoms. The smallest absolute Gasteiger partial charge is 0.259 e. The molecule has 0 bridgehead atoms. The van der Waals surface area contributed by atoms with Gasteiger partial charge in [-0.2, -0.15) is 0 Å². The number of rotatable bonds is 8. The third kappa shape index (κ3) is 5.07. The van der Waals surface area contributed by atoms with Gasteiger partial charge in [-0.25, -0.2) is 0 Å². The number of halogens is 1. The molecule has 3 aromatic rings. The topological polar surface area (TPSA) is 38.8 Å². The summed E-state index contributed by atoms with van der Waals surface area (Å²) in [6.45, 7) is 7.71. The van der Waals surface area contributed by atoms with Crippen LogP contribution in [0.4, 0.5) is 5.69 Å². The van der Waals surface area contributed by atoms with E-state index in [9.17, 15) is 4.79 Å². The Kier molecular flexibility index (Phi) is 7.05. The highest BCUT2D eigenvalue weighted by Crippen LogP contribution is 2.39. The predicted octanol–water partition coefficient (Wildman–Crippen LogP) is 6.86. The van der Waals surface area contributed by atoms with Gasteiger partial charge in [0.2, 0.25) is 0 Å². The highest BCUT2D eigenvalue weighted by molar-refractivity contribution is 6.35. The number of ether oxygens (including phenoxy) is 2. The highest BCUT2D eigenvalue weighted by atomic mass is 35.5. The number of anilines is 1. The molecule has 0 saturated carbocycles. The fourth-order valence-electron chi connectivity index (χ4n) is 3.93. The summed E-state index contributed by atoms with van der Waals surface area (Å²) in [5.41, 5.74) is 4.41. The Bertz CT molecular complexity index is 1190. The lowest BCUT2D eigenvalue weighted by Crippen LogP contribution is -2.30. The van der Waals surface area contributed by atoms with Gasteiger partial charge in [0.1, 0.15) is 6.61 Å². The Morgan fingerprint density at radius 2 is 1.73 bits per heavy atom.